The normalized spacial score (nSPS) is 10.0. The van der Waals surface area contributed by atoms with E-state index in [0.717, 1.165) is 0 Å². The van der Waals surface area contributed by atoms with Gasteiger partial charge in [0, 0.05) is 12.6 Å². The highest BCUT2D eigenvalue weighted by Gasteiger charge is 1.66. The lowest BCUT2D eigenvalue weighted by atomic mass is 10.6. The third kappa shape index (κ3) is 5.47. The number of nitrogens with zero attached hydrogens (tertiary/aromatic N) is 1. The molecule has 0 fully saturated rings. The van der Waals surface area contributed by atoms with Gasteiger partial charge in [0.15, 0.2) is 0 Å². The fraction of sp³-hybridized carbons (Fsp3) is 0.600. The molecule has 0 bridgehead atoms. The van der Waals surface area contributed by atoms with Gasteiger partial charge in [0.05, 0.1) is 0 Å². The summed E-state index contributed by atoms with van der Waals surface area (Å²) in [5.74, 6) is 0. The van der Waals surface area contributed by atoms with Gasteiger partial charge < -0.3 is 4.84 Å². The molecule has 1 radical (unpaired) electrons. The lowest BCUT2D eigenvalue weighted by Gasteiger charge is -1.86. The van der Waals surface area contributed by atoms with E-state index >= 15 is 0 Å². The first-order valence-electron chi connectivity index (χ1n) is 2.35. The van der Waals surface area contributed by atoms with Crippen LogP contribution in [-0.2, 0) is 4.84 Å². The molecule has 7 heavy (non-hydrogen) atoms. The highest BCUT2D eigenvalue weighted by molar-refractivity contribution is 5.65. The summed E-state index contributed by atoms with van der Waals surface area (Å²) in [6.45, 7) is 4.43. The molecule has 0 N–H and O–H groups in total. The Morgan fingerprint density at radius 2 is 2.43 bits per heavy atom. The minimum absolute atomic E-state index is 0.643. The van der Waals surface area contributed by atoms with Crippen molar-refractivity contribution in [3.63, 3.8) is 0 Å². The molecular formula is C5H10NO. The predicted octanol–water partition coefficient (Wildman–Crippen LogP) is 1.23. The summed E-state index contributed by atoms with van der Waals surface area (Å²) < 4.78 is 0. The average Bonchev–Trinajstić information content (AvgIpc) is 1.69. The van der Waals surface area contributed by atoms with Gasteiger partial charge in [-0.3, -0.25) is 0 Å². The molecule has 0 unspecified atom stereocenters. The monoisotopic (exact) mass is 100 g/mol. The Kier molecular flexibility index (Phi) is 5.06. The number of oxime groups is 1. The van der Waals surface area contributed by atoms with Gasteiger partial charge in [-0.15, -0.1) is 0 Å². The van der Waals surface area contributed by atoms with Gasteiger partial charge in [-0.05, 0) is 6.92 Å². The maximum atomic E-state index is 4.61. The molecule has 0 atom stereocenters. The molecular weight excluding hydrogens is 90.1 g/mol. The van der Waals surface area contributed by atoms with E-state index in [1.54, 1.807) is 6.21 Å². The molecule has 0 saturated heterocycles. The Labute approximate surface area is 44.2 Å². The van der Waals surface area contributed by atoms with Crippen molar-refractivity contribution in [2.45, 2.75) is 13.8 Å². The van der Waals surface area contributed by atoms with Crippen LogP contribution in [0.2, 0.25) is 0 Å². The molecule has 0 aliphatic carbocycles. The van der Waals surface area contributed by atoms with Crippen LogP contribution in [0.1, 0.15) is 13.8 Å². The molecule has 0 aromatic rings. The Bertz CT molecular complexity index is 52.0. The number of hydrogen-bond acceptors (Lipinski definition) is 2. The molecule has 0 aliphatic heterocycles. The van der Waals surface area contributed by atoms with Gasteiger partial charge in [0.25, 0.3) is 0 Å². The van der Waals surface area contributed by atoms with Crippen molar-refractivity contribution in [3.05, 3.63) is 6.42 Å². The van der Waals surface area contributed by atoms with Crippen molar-refractivity contribution in [2.75, 3.05) is 6.61 Å². The first-order valence-corrected chi connectivity index (χ1v) is 2.35. The molecule has 0 aromatic heterocycles. The summed E-state index contributed by atoms with van der Waals surface area (Å²) in [4.78, 5) is 4.61. The summed E-state index contributed by atoms with van der Waals surface area (Å²) in [5, 5.41) is 3.53. The van der Waals surface area contributed by atoms with Crippen molar-refractivity contribution >= 4 is 6.21 Å². The first-order chi connectivity index (χ1) is 3.41. The quantitative estimate of drug-likeness (QED) is 0.386. The van der Waals surface area contributed by atoms with Gasteiger partial charge in [-0.25, -0.2) is 0 Å². The van der Waals surface area contributed by atoms with Crippen molar-refractivity contribution in [1.82, 2.24) is 0 Å². The largest absolute Gasteiger partial charge is 0.396 e. The lowest BCUT2D eigenvalue weighted by Crippen LogP contribution is -1.78. The van der Waals surface area contributed by atoms with Gasteiger partial charge >= 0.3 is 0 Å². The SMILES string of the molecule is C[CH]/C=N\OCC. The second-order valence-electron chi connectivity index (χ2n) is 1.01. The Morgan fingerprint density at radius 3 is 2.86 bits per heavy atom. The van der Waals surface area contributed by atoms with Crippen LogP contribution in [0.15, 0.2) is 5.16 Å². The Balaban J connectivity index is 2.78. The van der Waals surface area contributed by atoms with E-state index in [-0.39, 0.29) is 0 Å². The summed E-state index contributed by atoms with van der Waals surface area (Å²) in [5.41, 5.74) is 0. The van der Waals surface area contributed by atoms with E-state index in [1.165, 1.54) is 0 Å². The van der Waals surface area contributed by atoms with Crippen LogP contribution in [0.3, 0.4) is 0 Å². The number of hydrogen-bond donors (Lipinski definition) is 0. The smallest absolute Gasteiger partial charge is 0.114 e. The first kappa shape index (κ1) is 6.47. The number of rotatable bonds is 3. The third-order valence-electron chi connectivity index (χ3n) is 0.414. The van der Waals surface area contributed by atoms with Crippen LogP contribution in [-0.4, -0.2) is 12.8 Å². The molecule has 0 rings (SSSR count). The molecule has 41 valence electrons. The molecule has 0 saturated carbocycles. The van der Waals surface area contributed by atoms with Crippen LogP contribution >= 0.6 is 0 Å². The summed E-state index contributed by atoms with van der Waals surface area (Å²) >= 11 is 0. The molecule has 0 heterocycles. The zero-order valence-corrected chi connectivity index (χ0v) is 4.72. The van der Waals surface area contributed by atoms with E-state index < -0.39 is 0 Å². The summed E-state index contributed by atoms with van der Waals surface area (Å²) in [7, 11) is 0. The summed E-state index contributed by atoms with van der Waals surface area (Å²) in [6.07, 6.45) is 3.43. The lowest BCUT2D eigenvalue weighted by molar-refractivity contribution is 0.160. The van der Waals surface area contributed by atoms with E-state index in [1.807, 2.05) is 20.3 Å². The van der Waals surface area contributed by atoms with Crippen molar-refractivity contribution < 1.29 is 4.84 Å². The van der Waals surface area contributed by atoms with Gasteiger partial charge in [0.2, 0.25) is 0 Å². The molecule has 2 nitrogen and oxygen atoms in total. The third-order valence-corrected chi connectivity index (χ3v) is 0.414. The van der Waals surface area contributed by atoms with Crippen LogP contribution in [0.4, 0.5) is 0 Å². The van der Waals surface area contributed by atoms with Crippen LogP contribution in [0.25, 0.3) is 0 Å². The maximum Gasteiger partial charge on any atom is 0.114 e. The Morgan fingerprint density at radius 1 is 1.71 bits per heavy atom. The van der Waals surface area contributed by atoms with Gasteiger partial charge in [-0.2, -0.15) is 0 Å². The zero-order chi connectivity index (χ0) is 5.54. The second-order valence-corrected chi connectivity index (χ2v) is 1.01. The van der Waals surface area contributed by atoms with Crippen molar-refractivity contribution in [2.24, 2.45) is 5.16 Å². The minimum atomic E-state index is 0.643. The van der Waals surface area contributed by atoms with Crippen LogP contribution in [0.5, 0.6) is 0 Å². The van der Waals surface area contributed by atoms with E-state index in [4.69, 9.17) is 0 Å². The standard InChI is InChI=1S/C5H10NO/c1-3-5-6-7-4-2/h3,5H,4H2,1-2H3/b6-5-. The zero-order valence-electron chi connectivity index (χ0n) is 4.72. The van der Waals surface area contributed by atoms with Crippen molar-refractivity contribution in [3.8, 4) is 0 Å². The molecule has 0 amide bonds. The fourth-order valence-corrected chi connectivity index (χ4v) is 0.178. The maximum absolute atomic E-state index is 4.61. The fourth-order valence-electron chi connectivity index (χ4n) is 0.178. The molecule has 2 heteroatoms. The van der Waals surface area contributed by atoms with Crippen molar-refractivity contribution in [1.29, 1.82) is 0 Å². The highest BCUT2D eigenvalue weighted by atomic mass is 16.6. The van der Waals surface area contributed by atoms with Crippen LogP contribution in [0, 0.1) is 6.42 Å². The molecule has 0 aliphatic rings. The second kappa shape index (κ2) is 5.47. The summed E-state index contributed by atoms with van der Waals surface area (Å²) in [6, 6.07) is 0. The minimum Gasteiger partial charge on any atom is -0.396 e. The highest BCUT2D eigenvalue weighted by Crippen LogP contribution is 1.71. The van der Waals surface area contributed by atoms with E-state index in [9.17, 15) is 0 Å². The average molecular weight is 100 g/mol. The van der Waals surface area contributed by atoms with Crippen LogP contribution < -0.4 is 0 Å². The Hall–Kier alpha value is -0.530. The predicted molar refractivity (Wildman–Crippen MR) is 30.1 cm³/mol. The van der Waals surface area contributed by atoms with Gasteiger partial charge in [0.1, 0.15) is 6.61 Å². The van der Waals surface area contributed by atoms with E-state index in [0.29, 0.717) is 6.61 Å². The molecule has 0 aromatic carbocycles. The van der Waals surface area contributed by atoms with E-state index in [2.05, 4.69) is 9.99 Å². The topological polar surface area (TPSA) is 21.6 Å². The molecule has 0 spiro atoms. The van der Waals surface area contributed by atoms with Gasteiger partial charge in [-0.1, -0.05) is 12.1 Å².